The highest BCUT2D eigenvalue weighted by Gasteiger charge is 2.37. The predicted molar refractivity (Wildman–Crippen MR) is 68.8 cm³/mol. The highest BCUT2D eigenvalue weighted by molar-refractivity contribution is 5.82. The standard InChI is InChI=1S/C13H26N2O2/c1-3-5-11(16)10-15-12(17)13(4-2)6-8-14-9-7-13/h11,14,16H,3-10H2,1-2H3,(H,15,17). The molecule has 0 bridgehead atoms. The Hall–Kier alpha value is -0.610. The molecule has 4 nitrogen and oxygen atoms in total. The summed E-state index contributed by atoms with van der Waals surface area (Å²) in [5, 5.41) is 15.8. The number of aliphatic hydroxyl groups is 1. The van der Waals surface area contributed by atoms with E-state index in [0.717, 1.165) is 45.2 Å². The number of piperidine rings is 1. The first-order valence-electron chi connectivity index (χ1n) is 6.81. The van der Waals surface area contributed by atoms with E-state index in [1.54, 1.807) is 0 Å². The summed E-state index contributed by atoms with van der Waals surface area (Å²) in [4.78, 5) is 12.2. The number of nitrogens with one attached hydrogen (secondary N) is 2. The van der Waals surface area contributed by atoms with Crippen molar-refractivity contribution in [1.29, 1.82) is 0 Å². The first-order valence-corrected chi connectivity index (χ1v) is 6.81. The third kappa shape index (κ3) is 3.96. The van der Waals surface area contributed by atoms with Crippen LogP contribution in [0.25, 0.3) is 0 Å². The minimum Gasteiger partial charge on any atom is -0.391 e. The van der Waals surface area contributed by atoms with E-state index in [-0.39, 0.29) is 11.3 Å². The van der Waals surface area contributed by atoms with Crippen molar-refractivity contribution >= 4 is 5.91 Å². The van der Waals surface area contributed by atoms with Gasteiger partial charge in [-0.15, -0.1) is 0 Å². The van der Waals surface area contributed by atoms with Crippen molar-refractivity contribution in [2.75, 3.05) is 19.6 Å². The van der Waals surface area contributed by atoms with Crippen molar-refractivity contribution in [2.45, 2.75) is 52.1 Å². The Labute approximate surface area is 104 Å². The maximum absolute atomic E-state index is 12.2. The largest absolute Gasteiger partial charge is 0.391 e. The van der Waals surface area contributed by atoms with Crippen LogP contribution in [0.4, 0.5) is 0 Å². The molecule has 0 aromatic carbocycles. The summed E-state index contributed by atoms with van der Waals surface area (Å²) in [6, 6.07) is 0. The molecule has 1 fully saturated rings. The molecule has 0 aliphatic carbocycles. The average Bonchev–Trinajstić information content (AvgIpc) is 2.37. The lowest BCUT2D eigenvalue weighted by molar-refractivity contribution is -0.133. The van der Waals surface area contributed by atoms with Crippen LogP contribution in [0.1, 0.15) is 46.0 Å². The van der Waals surface area contributed by atoms with Crippen LogP contribution in [0.3, 0.4) is 0 Å². The molecular formula is C13H26N2O2. The molecule has 4 heteroatoms. The van der Waals surface area contributed by atoms with Gasteiger partial charge in [-0.25, -0.2) is 0 Å². The molecule has 0 saturated carbocycles. The van der Waals surface area contributed by atoms with Crippen LogP contribution in [0.15, 0.2) is 0 Å². The zero-order valence-electron chi connectivity index (χ0n) is 11.1. The quantitative estimate of drug-likeness (QED) is 0.652. The second-order valence-corrected chi connectivity index (χ2v) is 5.04. The van der Waals surface area contributed by atoms with E-state index in [0.29, 0.717) is 6.54 Å². The van der Waals surface area contributed by atoms with E-state index in [2.05, 4.69) is 17.6 Å². The lowest BCUT2D eigenvalue weighted by atomic mass is 9.76. The van der Waals surface area contributed by atoms with Gasteiger partial charge in [0, 0.05) is 6.54 Å². The molecule has 1 rings (SSSR count). The molecule has 1 aliphatic rings. The Kier molecular flexibility index (Phi) is 5.92. The van der Waals surface area contributed by atoms with Crippen LogP contribution in [0.2, 0.25) is 0 Å². The van der Waals surface area contributed by atoms with Crippen molar-refractivity contribution < 1.29 is 9.90 Å². The summed E-state index contributed by atoms with van der Waals surface area (Å²) in [5.41, 5.74) is -0.211. The number of hydrogen-bond donors (Lipinski definition) is 3. The van der Waals surface area contributed by atoms with Crippen LogP contribution in [0, 0.1) is 5.41 Å². The molecule has 3 N–H and O–H groups in total. The van der Waals surface area contributed by atoms with Crippen molar-refractivity contribution in [1.82, 2.24) is 10.6 Å². The zero-order chi connectivity index (χ0) is 12.7. The molecule has 1 unspecified atom stereocenters. The van der Waals surface area contributed by atoms with E-state index in [1.807, 2.05) is 6.92 Å². The summed E-state index contributed by atoms with van der Waals surface area (Å²) in [7, 11) is 0. The molecule has 1 saturated heterocycles. The molecule has 0 spiro atoms. The highest BCUT2D eigenvalue weighted by Crippen LogP contribution is 2.32. The number of carbonyl (C=O) groups is 1. The number of rotatable bonds is 6. The van der Waals surface area contributed by atoms with Crippen LogP contribution >= 0.6 is 0 Å². The fourth-order valence-corrected chi connectivity index (χ4v) is 2.48. The summed E-state index contributed by atoms with van der Waals surface area (Å²) in [6.07, 6.45) is 3.98. The molecular weight excluding hydrogens is 216 g/mol. The van der Waals surface area contributed by atoms with Gasteiger partial charge in [0.25, 0.3) is 0 Å². The Morgan fingerprint density at radius 1 is 1.41 bits per heavy atom. The molecule has 100 valence electrons. The van der Waals surface area contributed by atoms with Gasteiger partial charge in [0.15, 0.2) is 0 Å². The smallest absolute Gasteiger partial charge is 0.226 e. The third-order valence-corrected chi connectivity index (χ3v) is 3.84. The van der Waals surface area contributed by atoms with E-state index in [1.165, 1.54) is 0 Å². The minimum atomic E-state index is -0.403. The van der Waals surface area contributed by atoms with Crippen LogP contribution in [0.5, 0.6) is 0 Å². The third-order valence-electron chi connectivity index (χ3n) is 3.84. The SMILES string of the molecule is CCCC(O)CNC(=O)C1(CC)CCNCC1. The number of hydrogen-bond acceptors (Lipinski definition) is 3. The molecule has 17 heavy (non-hydrogen) atoms. The van der Waals surface area contributed by atoms with E-state index < -0.39 is 6.10 Å². The van der Waals surface area contributed by atoms with Gasteiger partial charge in [0.05, 0.1) is 11.5 Å². The summed E-state index contributed by atoms with van der Waals surface area (Å²) in [5.74, 6) is 0.122. The number of amides is 1. The fraction of sp³-hybridized carbons (Fsp3) is 0.923. The molecule has 1 heterocycles. The van der Waals surface area contributed by atoms with Gasteiger partial charge in [-0.2, -0.15) is 0 Å². The van der Waals surface area contributed by atoms with Crippen molar-refractivity contribution in [3.05, 3.63) is 0 Å². The second kappa shape index (κ2) is 6.97. The number of carbonyl (C=O) groups excluding carboxylic acids is 1. The molecule has 1 amide bonds. The molecule has 0 radical (unpaired) electrons. The van der Waals surface area contributed by atoms with Crippen molar-refractivity contribution in [2.24, 2.45) is 5.41 Å². The van der Waals surface area contributed by atoms with Gasteiger partial charge >= 0.3 is 0 Å². The average molecular weight is 242 g/mol. The van der Waals surface area contributed by atoms with E-state index >= 15 is 0 Å². The topological polar surface area (TPSA) is 61.4 Å². The minimum absolute atomic E-state index is 0.122. The van der Waals surface area contributed by atoms with Crippen LogP contribution in [-0.4, -0.2) is 36.8 Å². The van der Waals surface area contributed by atoms with E-state index in [4.69, 9.17) is 0 Å². The highest BCUT2D eigenvalue weighted by atomic mass is 16.3. The maximum Gasteiger partial charge on any atom is 0.226 e. The predicted octanol–water partition coefficient (Wildman–Crippen LogP) is 1.04. The summed E-state index contributed by atoms with van der Waals surface area (Å²) in [6.45, 7) is 6.33. The Bertz CT molecular complexity index is 238. The van der Waals surface area contributed by atoms with Crippen molar-refractivity contribution in [3.63, 3.8) is 0 Å². The molecule has 0 aromatic rings. The van der Waals surface area contributed by atoms with Gasteiger partial charge in [0.1, 0.15) is 0 Å². The fourth-order valence-electron chi connectivity index (χ4n) is 2.48. The van der Waals surface area contributed by atoms with Crippen LogP contribution in [-0.2, 0) is 4.79 Å². The summed E-state index contributed by atoms with van der Waals surface area (Å²) >= 11 is 0. The van der Waals surface area contributed by atoms with Gasteiger partial charge in [-0.1, -0.05) is 20.3 Å². The molecule has 0 aromatic heterocycles. The summed E-state index contributed by atoms with van der Waals surface area (Å²) < 4.78 is 0. The first kappa shape index (κ1) is 14.5. The second-order valence-electron chi connectivity index (χ2n) is 5.04. The normalized spacial score (nSPS) is 20.9. The van der Waals surface area contributed by atoms with Crippen molar-refractivity contribution in [3.8, 4) is 0 Å². The Morgan fingerprint density at radius 2 is 2.06 bits per heavy atom. The van der Waals surface area contributed by atoms with Gasteiger partial charge < -0.3 is 15.7 Å². The monoisotopic (exact) mass is 242 g/mol. The number of aliphatic hydroxyl groups excluding tert-OH is 1. The van der Waals surface area contributed by atoms with Crippen LogP contribution < -0.4 is 10.6 Å². The molecule has 1 atom stereocenters. The molecule has 1 aliphatic heterocycles. The lowest BCUT2D eigenvalue weighted by Crippen LogP contribution is -2.48. The van der Waals surface area contributed by atoms with E-state index in [9.17, 15) is 9.90 Å². The first-order chi connectivity index (χ1) is 8.14. The Balaban J connectivity index is 2.43. The van der Waals surface area contributed by atoms with Gasteiger partial charge in [-0.3, -0.25) is 4.79 Å². The Morgan fingerprint density at radius 3 is 2.59 bits per heavy atom. The lowest BCUT2D eigenvalue weighted by Gasteiger charge is -2.35. The zero-order valence-corrected chi connectivity index (χ0v) is 11.1. The maximum atomic E-state index is 12.2. The van der Waals surface area contributed by atoms with Gasteiger partial charge in [0.2, 0.25) is 5.91 Å². The van der Waals surface area contributed by atoms with Gasteiger partial charge in [-0.05, 0) is 38.8 Å².